The van der Waals surface area contributed by atoms with Crippen LogP contribution in [0.1, 0.15) is 19.4 Å². The average Bonchev–Trinajstić information content (AvgIpc) is 2.86. The van der Waals surface area contributed by atoms with Crippen LogP contribution in [0.25, 0.3) is 0 Å². The molecule has 1 aliphatic rings. The minimum absolute atomic E-state index is 0.00161. The fraction of sp³-hybridized carbons (Fsp3) is 0.286. The Morgan fingerprint density at radius 1 is 1.24 bits per heavy atom. The lowest BCUT2D eigenvalue weighted by atomic mass is 10.1. The molecular formula is C21H26BrN3O4. The highest BCUT2D eigenvalue weighted by Gasteiger charge is 2.22. The van der Waals surface area contributed by atoms with Gasteiger partial charge in [-0.1, -0.05) is 46.3 Å². The topological polar surface area (TPSA) is 100 Å². The molecule has 1 aromatic rings. The molecule has 2 rings (SSSR count). The quantitative estimate of drug-likeness (QED) is 0.152. The Morgan fingerprint density at radius 3 is 2.55 bits per heavy atom. The van der Waals surface area contributed by atoms with E-state index in [9.17, 15) is 4.79 Å². The van der Waals surface area contributed by atoms with Crippen LogP contribution in [0.5, 0.6) is 5.75 Å². The second-order valence-electron chi connectivity index (χ2n) is 6.43. The Kier molecular flexibility index (Phi) is 7.92. The van der Waals surface area contributed by atoms with Crippen LogP contribution in [0.2, 0.25) is 0 Å². The molecule has 0 aliphatic heterocycles. The first-order valence-corrected chi connectivity index (χ1v) is 9.82. The number of benzene rings is 1. The van der Waals surface area contributed by atoms with Gasteiger partial charge in [0.1, 0.15) is 11.5 Å². The molecule has 0 bridgehead atoms. The van der Waals surface area contributed by atoms with E-state index in [2.05, 4.69) is 15.9 Å². The van der Waals surface area contributed by atoms with E-state index in [1.54, 1.807) is 26.2 Å². The van der Waals surface area contributed by atoms with E-state index in [4.69, 9.17) is 25.8 Å². The number of methoxy groups -OCH3 is 1. The zero-order chi connectivity index (χ0) is 21.4. The summed E-state index contributed by atoms with van der Waals surface area (Å²) in [7, 11) is 1.60. The zero-order valence-electron chi connectivity index (χ0n) is 16.7. The van der Waals surface area contributed by atoms with E-state index in [0.717, 1.165) is 11.3 Å². The van der Waals surface area contributed by atoms with Gasteiger partial charge in [-0.05, 0) is 43.7 Å². The molecule has 7 nitrogen and oxygen atoms in total. The Bertz CT molecular complexity index is 842. The number of rotatable bonds is 8. The lowest BCUT2D eigenvalue weighted by Gasteiger charge is -2.24. The maximum Gasteiger partial charge on any atom is 0.359 e. The molecular weight excluding hydrogens is 438 g/mol. The molecule has 0 saturated heterocycles. The van der Waals surface area contributed by atoms with Crippen molar-refractivity contribution in [2.45, 2.75) is 24.7 Å². The van der Waals surface area contributed by atoms with Crippen molar-refractivity contribution in [3.8, 4) is 5.75 Å². The highest BCUT2D eigenvalue weighted by molar-refractivity contribution is 9.10. The summed E-state index contributed by atoms with van der Waals surface area (Å²) in [5.74, 6) is 6.72. The summed E-state index contributed by atoms with van der Waals surface area (Å²) in [6, 6.07) is 7.36. The molecule has 1 aliphatic carbocycles. The number of carbonyl (C=O) groups is 1. The van der Waals surface area contributed by atoms with E-state index in [1.165, 1.54) is 5.01 Å². The molecule has 0 amide bonds. The molecule has 156 valence electrons. The molecule has 29 heavy (non-hydrogen) atoms. The maximum atomic E-state index is 12.2. The fourth-order valence-electron chi connectivity index (χ4n) is 2.43. The normalized spacial score (nSPS) is 19.0. The maximum absolute atomic E-state index is 12.2. The van der Waals surface area contributed by atoms with Crippen molar-refractivity contribution in [3.63, 3.8) is 0 Å². The number of nitrogens with zero attached hydrogens (tertiary/aromatic N) is 1. The summed E-state index contributed by atoms with van der Waals surface area (Å²) >= 11 is 3.58. The molecule has 0 saturated carbocycles. The third-order valence-corrected chi connectivity index (χ3v) is 4.50. The van der Waals surface area contributed by atoms with E-state index < -0.39 is 5.97 Å². The standard InChI is InChI=1S/C21H26BrN3O4/c1-4-28-20(26)18(23)19(29-17-6-5-12-21(2,22)13-11-17)25(24)14-15-7-9-16(27-3)10-8-15/h5-13H,4,14,23-24H2,1-3H3/b19-18+. The van der Waals surface area contributed by atoms with Crippen molar-refractivity contribution in [3.05, 3.63) is 77.5 Å². The fourth-order valence-corrected chi connectivity index (χ4v) is 2.72. The Hall–Kier alpha value is -2.71. The number of halogens is 1. The summed E-state index contributed by atoms with van der Waals surface area (Å²) < 4.78 is 15.8. The van der Waals surface area contributed by atoms with Gasteiger partial charge in [0.15, 0.2) is 5.70 Å². The highest BCUT2D eigenvalue weighted by Crippen LogP contribution is 2.26. The Balaban J connectivity index is 2.29. The van der Waals surface area contributed by atoms with Crippen LogP contribution < -0.4 is 16.3 Å². The molecule has 0 radical (unpaired) electrons. The smallest absolute Gasteiger partial charge is 0.359 e. The lowest BCUT2D eigenvalue weighted by Crippen LogP contribution is -2.35. The second kappa shape index (κ2) is 10.2. The Morgan fingerprint density at radius 2 is 1.93 bits per heavy atom. The van der Waals surface area contributed by atoms with Crippen molar-refractivity contribution in [2.24, 2.45) is 11.6 Å². The van der Waals surface area contributed by atoms with Gasteiger partial charge in [-0.25, -0.2) is 10.6 Å². The molecule has 0 heterocycles. The number of esters is 1. The van der Waals surface area contributed by atoms with Gasteiger partial charge in [-0.15, -0.1) is 0 Å². The van der Waals surface area contributed by atoms with Gasteiger partial charge >= 0.3 is 5.97 Å². The second-order valence-corrected chi connectivity index (χ2v) is 8.14. The number of hydrogen-bond acceptors (Lipinski definition) is 7. The van der Waals surface area contributed by atoms with Crippen LogP contribution in [-0.2, 0) is 20.8 Å². The summed E-state index contributed by atoms with van der Waals surface area (Å²) in [4.78, 5) is 12.2. The first kappa shape index (κ1) is 22.6. The van der Waals surface area contributed by atoms with Gasteiger partial charge in [0.2, 0.25) is 5.88 Å². The monoisotopic (exact) mass is 463 g/mol. The largest absolute Gasteiger partial charge is 0.497 e. The SMILES string of the molecule is CCOC(=O)/C(N)=C(\OC1=CC=CC(C)(Br)C=C1)N(N)Cc1ccc(OC)cc1. The van der Waals surface area contributed by atoms with Crippen LogP contribution in [0.3, 0.4) is 0 Å². The van der Waals surface area contributed by atoms with E-state index in [1.807, 2.05) is 49.4 Å². The number of ether oxygens (including phenoxy) is 3. The predicted molar refractivity (Wildman–Crippen MR) is 115 cm³/mol. The van der Waals surface area contributed by atoms with Crippen LogP contribution >= 0.6 is 15.9 Å². The van der Waals surface area contributed by atoms with Gasteiger partial charge in [0.05, 0.1) is 24.6 Å². The van der Waals surface area contributed by atoms with Crippen LogP contribution in [0.15, 0.2) is 72.0 Å². The highest BCUT2D eigenvalue weighted by atomic mass is 79.9. The molecule has 4 N–H and O–H groups in total. The first-order chi connectivity index (χ1) is 13.8. The summed E-state index contributed by atoms with van der Waals surface area (Å²) in [6.45, 7) is 4.12. The number of allylic oxidation sites excluding steroid dienone is 5. The van der Waals surface area contributed by atoms with Gasteiger partial charge in [0, 0.05) is 0 Å². The summed E-state index contributed by atoms with van der Waals surface area (Å²) in [5.41, 5.74) is 6.68. The Labute approximate surface area is 179 Å². The third-order valence-electron chi connectivity index (χ3n) is 3.97. The van der Waals surface area contributed by atoms with Crippen LogP contribution in [0.4, 0.5) is 0 Å². The van der Waals surface area contributed by atoms with E-state index in [0.29, 0.717) is 5.76 Å². The molecule has 1 atom stereocenters. The van der Waals surface area contributed by atoms with E-state index >= 15 is 0 Å². The van der Waals surface area contributed by atoms with Gasteiger partial charge in [-0.3, -0.25) is 5.01 Å². The van der Waals surface area contributed by atoms with Crippen LogP contribution in [-0.4, -0.2) is 29.0 Å². The van der Waals surface area contributed by atoms with Gasteiger partial charge in [0.25, 0.3) is 0 Å². The number of hydrazine groups is 1. The first-order valence-electron chi connectivity index (χ1n) is 9.03. The van der Waals surface area contributed by atoms with E-state index in [-0.39, 0.29) is 29.1 Å². The average molecular weight is 464 g/mol. The van der Waals surface area contributed by atoms with Crippen molar-refractivity contribution >= 4 is 21.9 Å². The molecule has 8 heteroatoms. The zero-order valence-corrected chi connectivity index (χ0v) is 18.3. The van der Waals surface area contributed by atoms with Crippen molar-refractivity contribution < 1.29 is 19.0 Å². The molecule has 0 spiro atoms. The number of alkyl halides is 1. The molecule has 0 aromatic heterocycles. The summed E-state index contributed by atoms with van der Waals surface area (Å²) in [5, 5.41) is 1.27. The molecule has 1 unspecified atom stereocenters. The van der Waals surface area contributed by atoms with Crippen molar-refractivity contribution in [1.82, 2.24) is 5.01 Å². The van der Waals surface area contributed by atoms with Crippen molar-refractivity contribution in [2.75, 3.05) is 13.7 Å². The number of hydrogen-bond donors (Lipinski definition) is 2. The number of carbonyl (C=O) groups excluding carboxylic acids is 1. The predicted octanol–water partition coefficient (Wildman–Crippen LogP) is 3.24. The van der Waals surface area contributed by atoms with Gasteiger partial charge < -0.3 is 19.9 Å². The molecule has 0 fully saturated rings. The number of nitrogens with two attached hydrogens (primary N) is 2. The van der Waals surface area contributed by atoms with Crippen LogP contribution in [0, 0.1) is 0 Å². The minimum Gasteiger partial charge on any atom is -0.497 e. The third kappa shape index (κ3) is 6.69. The van der Waals surface area contributed by atoms with Crippen molar-refractivity contribution in [1.29, 1.82) is 0 Å². The van der Waals surface area contributed by atoms with Gasteiger partial charge in [-0.2, -0.15) is 0 Å². The minimum atomic E-state index is -0.702. The lowest BCUT2D eigenvalue weighted by molar-refractivity contribution is -0.139. The molecule has 1 aromatic carbocycles. The summed E-state index contributed by atoms with van der Waals surface area (Å²) in [6.07, 6.45) is 9.23.